The second kappa shape index (κ2) is 8.38. The van der Waals surface area contributed by atoms with E-state index < -0.39 is 0 Å². The third-order valence-electron chi connectivity index (χ3n) is 5.31. The molecular weight excluding hydrogens is 444 g/mol. The van der Waals surface area contributed by atoms with Crippen molar-refractivity contribution in [3.05, 3.63) is 72.6 Å². The van der Waals surface area contributed by atoms with E-state index in [-0.39, 0.29) is 16.7 Å². The molecule has 0 radical (unpaired) electrons. The van der Waals surface area contributed by atoms with Crippen LogP contribution in [0.2, 0.25) is 0 Å². The van der Waals surface area contributed by atoms with E-state index in [1.165, 1.54) is 14.7 Å². The van der Waals surface area contributed by atoms with Gasteiger partial charge in [-0.15, -0.1) is 0 Å². The van der Waals surface area contributed by atoms with Gasteiger partial charge in [0, 0.05) is 20.1 Å². The minimum absolute atomic E-state index is 0.0908. The lowest BCUT2D eigenvalue weighted by atomic mass is 9.86. The summed E-state index contributed by atoms with van der Waals surface area (Å²) in [5.41, 5.74) is 3.76. The lowest BCUT2D eigenvalue weighted by Gasteiger charge is -2.19. The van der Waals surface area contributed by atoms with Gasteiger partial charge in [0.25, 0.3) is 5.56 Å². The molecule has 0 amide bonds. The lowest BCUT2D eigenvalue weighted by Crippen LogP contribution is -2.40. The molecule has 0 fully saturated rings. The number of fused-ring (bicyclic) bond motifs is 1. The molecule has 2 aromatic heterocycles. The van der Waals surface area contributed by atoms with Gasteiger partial charge in [-0.25, -0.2) is 9.78 Å². The summed E-state index contributed by atoms with van der Waals surface area (Å²) in [5.74, 6) is 0. The van der Waals surface area contributed by atoms with Crippen LogP contribution in [0.4, 0.5) is 0 Å². The second-order valence-electron chi connectivity index (χ2n) is 8.94. The van der Waals surface area contributed by atoms with Crippen molar-refractivity contribution in [2.75, 3.05) is 0 Å². The maximum absolute atomic E-state index is 13.2. The molecule has 30 heavy (non-hydrogen) atoms. The normalized spacial score (nSPS) is 11.8. The van der Waals surface area contributed by atoms with Crippen molar-refractivity contribution < 1.29 is 0 Å². The van der Waals surface area contributed by atoms with Gasteiger partial charge in [0.2, 0.25) is 0 Å². The van der Waals surface area contributed by atoms with Gasteiger partial charge in [0.15, 0.2) is 15.9 Å². The highest BCUT2D eigenvalue weighted by Crippen LogP contribution is 2.22. The van der Waals surface area contributed by atoms with Gasteiger partial charge in [0.05, 0.1) is 0 Å². The first kappa shape index (κ1) is 22.3. The molecule has 160 valence electrons. The van der Waals surface area contributed by atoms with E-state index in [0.29, 0.717) is 35.4 Å². The highest BCUT2D eigenvalue weighted by Gasteiger charge is 2.19. The fourth-order valence-corrected chi connectivity index (χ4v) is 3.89. The Morgan fingerprint density at radius 1 is 1.10 bits per heavy atom. The van der Waals surface area contributed by atoms with Gasteiger partial charge < -0.3 is 4.57 Å². The minimum Gasteiger partial charge on any atom is -0.309 e. The summed E-state index contributed by atoms with van der Waals surface area (Å²) in [5, 5.41) is 0. The number of benzene rings is 1. The molecule has 0 N–H and O–H groups in total. The molecule has 0 aliphatic rings. The second-order valence-corrected chi connectivity index (χ2v) is 9.65. The van der Waals surface area contributed by atoms with Crippen molar-refractivity contribution in [3.8, 4) is 0 Å². The number of allylic oxidation sites excluding steroid dienone is 2. The van der Waals surface area contributed by atoms with Gasteiger partial charge in [-0.05, 0) is 52.7 Å². The van der Waals surface area contributed by atoms with E-state index in [0.717, 1.165) is 11.1 Å². The molecule has 6 nitrogen and oxygen atoms in total. The summed E-state index contributed by atoms with van der Waals surface area (Å²) in [7, 11) is 1.66. The van der Waals surface area contributed by atoms with Crippen LogP contribution in [0.3, 0.4) is 0 Å². The molecule has 0 atom stereocenters. The number of aryl methyl sites for hydroxylation is 2. The molecule has 7 heteroatoms. The zero-order valence-corrected chi connectivity index (χ0v) is 20.1. The molecule has 3 aromatic rings. The maximum Gasteiger partial charge on any atom is 0.332 e. The zero-order chi connectivity index (χ0) is 22.2. The first-order valence-electron chi connectivity index (χ1n) is 10.1. The quantitative estimate of drug-likeness (QED) is 0.413. The maximum atomic E-state index is 13.2. The third-order valence-corrected chi connectivity index (χ3v) is 5.92. The molecular formula is C23H29BrN4O2. The van der Waals surface area contributed by atoms with Crippen LogP contribution in [0.1, 0.15) is 45.7 Å². The topological polar surface area (TPSA) is 61.8 Å². The Labute approximate surface area is 185 Å². The number of hydrogen-bond acceptors (Lipinski definition) is 3. The predicted octanol–water partition coefficient (Wildman–Crippen LogP) is 4.17. The Kier molecular flexibility index (Phi) is 6.22. The van der Waals surface area contributed by atoms with Crippen LogP contribution in [0, 0.1) is 0 Å². The Balaban J connectivity index is 2.00. The first-order valence-corrected chi connectivity index (χ1v) is 10.9. The van der Waals surface area contributed by atoms with Gasteiger partial charge in [-0.3, -0.25) is 13.9 Å². The van der Waals surface area contributed by atoms with Crippen molar-refractivity contribution in [3.63, 3.8) is 0 Å². The first-order chi connectivity index (χ1) is 14.0. The predicted molar refractivity (Wildman–Crippen MR) is 125 cm³/mol. The largest absolute Gasteiger partial charge is 0.332 e. The highest BCUT2D eigenvalue weighted by atomic mass is 79.9. The van der Waals surface area contributed by atoms with Crippen LogP contribution in [0.25, 0.3) is 11.2 Å². The summed E-state index contributed by atoms with van der Waals surface area (Å²) >= 11 is 3.43. The van der Waals surface area contributed by atoms with Crippen molar-refractivity contribution in [2.24, 2.45) is 7.05 Å². The molecule has 0 aliphatic heterocycles. The number of hydrogen-bond donors (Lipinski definition) is 0. The number of halogens is 1. The average molecular weight is 473 g/mol. The molecule has 0 saturated carbocycles. The zero-order valence-electron chi connectivity index (χ0n) is 18.5. The number of imidazole rings is 1. The number of rotatable bonds is 5. The van der Waals surface area contributed by atoms with Gasteiger partial charge in [-0.1, -0.05) is 56.7 Å². The molecule has 1 aromatic carbocycles. The van der Waals surface area contributed by atoms with E-state index in [2.05, 4.69) is 66.0 Å². The lowest BCUT2D eigenvalue weighted by molar-refractivity contribution is 0.587. The highest BCUT2D eigenvalue weighted by molar-refractivity contribution is 9.10. The van der Waals surface area contributed by atoms with Crippen LogP contribution in [-0.4, -0.2) is 18.7 Å². The Hall–Kier alpha value is -2.41. The summed E-state index contributed by atoms with van der Waals surface area (Å²) in [4.78, 5) is 30.5. The van der Waals surface area contributed by atoms with E-state index in [9.17, 15) is 9.59 Å². The number of nitrogens with zero attached hydrogens (tertiary/aromatic N) is 4. The Morgan fingerprint density at radius 2 is 1.73 bits per heavy atom. The van der Waals surface area contributed by atoms with Crippen LogP contribution in [0.5, 0.6) is 0 Å². The average Bonchev–Trinajstić information content (AvgIpc) is 3.00. The van der Waals surface area contributed by atoms with Crippen molar-refractivity contribution >= 4 is 27.1 Å². The van der Waals surface area contributed by atoms with E-state index in [1.807, 2.05) is 19.9 Å². The molecule has 2 heterocycles. The van der Waals surface area contributed by atoms with Crippen LogP contribution < -0.4 is 11.2 Å². The van der Waals surface area contributed by atoms with Crippen LogP contribution in [0.15, 0.2) is 50.2 Å². The smallest absolute Gasteiger partial charge is 0.309 e. The summed E-state index contributed by atoms with van der Waals surface area (Å²) < 4.78 is 5.10. The number of aromatic nitrogens is 4. The molecule has 0 bridgehead atoms. The molecule has 0 spiro atoms. The van der Waals surface area contributed by atoms with Gasteiger partial charge >= 0.3 is 5.69 Å². The van der Waals surface area contributed by atoms with Crippen molar-refractivity contribution in [2.45, 2.75) is 59.5 Å². The standard InChI is InChI=1S/C23H29BrN4O2/c1-15(2)11-13-27-18-19(25-21(27)24)26(6)22(30)28(20(18)29)14-12-16-7-9-17(10-8-16)23(3,4)5/h7-11H,12-14H2,1-6H3. The van der Waals surface area contributed by atoms with Crippen molar-refractivity contribution in [1.82, 2.24) is 18.7 Å². The summed E-state index contributed by atoms with van der Waals surface area (Å²) in [6.45, 7) is 11.4. The molecule has 0 aliphatic carbocycles. The fourth-order valence-electron chi connectivity index (χ4n) is 3.39. The summed E-state index contributed by atoms with van der Waals surface area (Å²) in [6, 6.07) is 8.38. The Morgan fingerprint density at radius 3 is 2.30 bits per heavy atom. The minimum atomic E-state index is -0.349. The third kappa shape index (κ3) is 4.36. The monoisotopic (exact) mass is 472 g/mol. The van der Waals surface area contributed by atoms with Crippen LogP contribution in [-0.2, 0) is 32.0 Å². The fraction of sp³-hybridized carbons (Fsp3) is 0.435. The van der Waals surface area contributed by atoms with E-state index in [4.69, 9.17) is 0 Å². The van der Waals surface area contributed by atoms with Crippen molar-refractivity contribution in [1.29, 1.82) is 0 Å². The molecule has 0 saturated heterocycles. The molecule has 3 rings (SSSR count). The van der Waals surface area contributed by atoms with E-state index >= 15 is 0 Å². The Bertz CT molecular complexity index is 1220. The van der Waals surface area contributed by atoms with E-state index in [1.54, 1.807) is 11.6 Å². The van der Waals surface area contributed by atoms with Gasteiger partial charge in [0.1, 0.15) is 0 Å². The van der Waals surface area contributed by atoms with Crippen LogP contribution >= 0.6 is 15.9 Å². The summed E-state index contributed by atoms with van der Waals surface area (Å²) in [6.07, 6.45) is 2.63. The SMILES string of the molecule is CC(C)=CCn1c(Br)nc2c1c(=O)n(CCc1ccc(C(C)(C)C)cc1)c(=O)n2C. The van der Waals surface area contributed by atoms with Gasteiger partial charge in [-0.2, -0.15) is 0 Å². The molecule has 0 unspecified atom stereocenters.